The number of hydrogen-bond acceptors (Lipinski definition) is 3. The lowest BCUT2D eigenvalue weighted by Gasteiger charge is -2.09. The van der Waals surface area contributed by atoms with E-state index in [0.717, 1.165) is 22.4 Å². The average Bonchev–Trinajstić information content (AvgIpc) is 2.47. The molecular formula is C15H16N2OS. The molecule has 0 aliphatic heterocycles. The standard InChI is InChI=1S/C15H16N2OS/c1-19-10-11-6-8-12(9-7-11)13-4-2-3-5-14(13)15(16)17-18/h2-9,18H,10H2,1H3,(H2,16,17). The van der Waals surface area contributed by atoms with Gasteiger partial charge in [0, 0.05) is 11.3 Å². The molecule has 0 amide bonds. The first kappa shape index (κ1) is 13.5. The van der Waals surface area contributed by atoms with Crippen molar-refractivity contribution in [3.63, 3.8) is 0 Å². The van der Waals surface area contributed by atoms with E-state index < -0.39 is 0 Å². The van der Waals surface area contributed by atoms with Crippen LogP contribution < -0.4 is 5.73 Å². The summed E-state index contributed by atoms with van der Waals surface area (Å²) in [5.74, 6) is 1.13. The van der Waals surface area contributed by atoms with Gasteiger partial charge in [0.25, 0.3) is 0 Å². The highest BCUT2D eigenvalue weighted by Crippen LogP contribution is 2.24. The molecule has 0 unspecified atom stereocenters. The molecule has 2 rings (SSSR count). The van der Waals surface area contributed by atoms with Crippen molar-refractivity contribution in [3.8, 4) is 11.1 Å². The van der Waals surface area contributed by atoms with Gasteiger partial charge in [-0.3, -0.25) is 0 Å². The van der Waals surface area contributed by atoms with Crippen LogP contribution in [0.2, 0.25) is 0 Å². The number of nitrogens with zero attached hydrogens (tertiary/aromatic N) is 1. The van der Waals surface area contributed by atoms with Crippen molar-refractivity contribution in [1.29, 1.82) is 0 Å². The van der Waals surface area contributed by atoms with Crippen LogP contribution >= 0.6 is 11.8 Å². The molecular weight excluding hydrogens is 256 g/mol. The van der Waals surface area contributed by atoms with E-state index in [2.05, 4.69) is 35.7 Å². The first-order chi connectivity index (χ1) is 9.26. The van der Waals surface area contributed by atoms with E-state index in [4.69, 9.17) is 10.9 Å². The molecule has 2 aromatic carbocycles. The summed E-state index contributed by atoms with van der Waals surface area (Å²) in [6, 6.07) is 16.0. The second-order valence-corrected chi connectivity index (χ2v) is 5.03. The highest BCUT2D eigenvalue weighted by molar-refractivity contribution is 7.97. The number of hydrogen-bond donors (Lipinski definition) is 2. The van der Waals surface area contributed by atoms with Crippen LogP contribution in [0.25, 0.3) is 11.1 Å². The third kappa shape index (κ3) is 3.09. The first-order valence-corrected chi connectivity index (χ1v) is 7.31. The molecule has 0 saturated carbocycles. The van der Waals surface area contributed by atoms with Crippen LogP contribution in [0.4, 0.5) is 0 Å². The van der Waals surface area contributed by atoms with Gasteiger partial charge in [-0.25, -0.2) is 0 Å². The van der Waals surface area contributed by atoms with Gasteiger partial charge in [0.1, 0.15) is 0 Å². The molecule has 0 atom stereocenters. The van der Waals surface area contributed by atoms with Crippen LogP contribution in [-0.4, -0.2) is 17.3 Å². The largest absolute Gasteiger partial charge is 0.409 e. The summed E-state index contributed by atoms with van der Waals surface area (Å²) in [6.45, 7) is 0. The first-order valence-electron chi connectivity index (χ1n) is 5.91. The molecule has 0 aromatic heterocycles. The van der Waals surface area contributed by atoms with Crippen LogP contribution in [0.5, 0.6) is 0 Å². The molecule has 0 bridgehead atoms. The average molecular weight is 272 g/mol. The molecule has 0 fully saturated rings. The lowest BCUT2D eigenvalue weighted by atomic mass is 9.98. The van der Waals surface area contributed by atoms with Gasteiger partial charge in [-0.15, -0.1) is 0 Å². The van der Waals surface area contributed by atoms with Crippen molar-refractivity contribution in [1.82, 2.24) is 0 Å². The van der Waals surface area contributed by atoms with Gasteiger partial charge in [0.2, 0.25) is 0 Å². The smallest absolute Gasteiger partial charge is 0.170 e. The summed E-state index contributed by atoms with van der Waals surface area (Å²) in [5.41, 5.74) is 9.76. The van der Waals surface area contributed by atoms with Crippen molar-refractivity contribution < 1.29 is 5.21 Å². The summed E-state index contributed by atoms with van der Waals surface area (Å²) in [7, 11) is 0. The fraction of sp³-hybridized carbons (Fsp3) is 0.133. The Morgan fingerprint density at radius 1 is 1.16 bits per heavy atom. The van der Waals surface area contributed by atoms with E-state index in [0.29, 0.717) is 0 Å². The van der Waals surface area contributed by atoms with E-state index in [-0.39, 0.29) is 5.84 Å². The second kappa shape index (κ2) is 6.29. The molecule has 0 radical (unpaired) electrons. The molecule has 3 nitrogen and oxygen atoms in total. The number of amidine groups is 1. The predicted molar refractivity (Wildman–Crippen MR) is 81.6 cm³/mol. The minimum absolute atomic E-state index is 0.129. The minimum Gasteiger partial charge on any atom is -0.409 e. The van der Waals surface area contributed by atoms with Gasteiger partial charge in [-0.05, 0) is 22.9 Å². The summed E-state index contributed by atoms with van der Waals surface area (Å²) < 4.78 is 0. The molecule has 0 aliphatic rings. The Hall–Kier alpha value is -1.94. The molecule has 19 heavy (non-hydrogen) atoms. The number of rotatable bonds is 4. The minimum atomic E-state index is 0.129. The van der Waals surface area contributed by atoms with E-state index in [1.807, 2.05) is 24.3 Å². The zero-order valence-electron chi connectivity index (χ0n) is 10.7. The Balaban J connectivity index is 2.41. The molecule has 0 spiro atoms. The van der Waals surface area contributed by atoms with Crippen molar-refractivity contribution in [2.45, 2.75) is 5.75 Å². The van der Waals surface area contributed by atoms with Gasteiger partial charge in [0.15, 0.2) is 5.84 Å². The molecule has 2 aromatic rings. The van der Waals surface area contributed by atoms with Crippen molar-refractivity contribution in [3.05, 3.63) is 59.7 Å². The van der Waals surface area contributed by atoms with Gasteiger partial charge >= 0.3 is 0 Å². The number of oxime groups is 1. The van der Waals surface area contributed by atoms with Crippen molar-refractivity contribution in [2.24, 2.45) is 10.9 Å². The normalized spacial score (nSPS) is 11.5. The topological polar surface area (TPSA) is 58.6 Å². The highest BCUT2D eigenvalue weighted by Gasteiger charge is 2.08. The maximum atomic E-state index is 8.83. The number of benzene rings is 2. The number of nitrogens with two attached hydrogens (primary N) is 1. The highest BCUT2D eigenvalue weighted by atomic mass is 32.2. The Morgan fingerprint density at radius 2 is 1.84 bits per heavy atom. The third-order valence-corrected chi connectivity index (χ3v) is 3.51. The molecule has 0 heterocycles. The van der Waals surface area contributed by atoms with Gasteiger partial charge in [-0.1, -0.05) is 53.7 Å². The molecule has 98 valence electrons. The lowest BCUT2D eigenvalue weighted by Crippen LogP contribution is -2.14. The Kier molecular flexibility index (Phi) is 4.47. The molecule has 3 N–H and O–H groups in total. The zero-order valence-corrected chi connectivity index (χ0v) is 11.5. The Morgan fingerprint density at radius 3 is 2.47 bits per heavy atom. The van der Waals surface area contributed by atoms with Crippen LogP contribution in [0.15, 0.2) is 53.7 Å². The summed E-state index contributed by atoms with van der Waals surface area (Å²) in [5, 5.41) is 11.9. The quantitative estimate of drug-likeness (QED) is 0.388. The fourth-order valence-electron chi connectivity index (χ4n) is 1.96. The summed E-state index contributed by atoms with van der Waals surface area (Å²) in [4.78, 5) is 0. The van der Waals surface area contributed by atoms with E-state index in [9.17, 15) is 0 Å². The maximum Gasteiger partial charge on any atom is 0.170 e. The SMILES string of the molecule is CSCc1ccc(-c2ccccc2/C(N)=N/O)cc1. The van der Waals surface area contributed by atoms with Crippen molar-refractivity contribution in [2.75, 3.05) is 6.26 Å². The van der Waals surface area contributed by atoms with Crippen LogP contribution in [0.1, 0.15) is 11.1 Å². The fourth-order valence-corrected chi connectivity index (χ4v) is 2.49. The second-order valence-electron chi connectivity index (χ2n) is 4.16. The third-order valence-electron chi connectivity index (χ3n) is 2.89. The predicted octanol–water partition coefficient (Wildman–Crippen LogP) is 3.31. The van der Waals surface area contributed by atoms with E-state index in [1.54, 1.807) is 11.8 Å². The van der Waals surface area contributed by atoms with Gasteiger partial charge in [-0.2, -0.15) is 11.8 Å². The zero-order chi connectivity index (χ0) is 13.7. The Labute approximate surface area is 117 Å². The van der Waals surface area contributed by atoms with Crippen LogP contribution in [0.3, 0.4) is 0 Å². The molecule has 0 saturated heterocycles. The van der Waals surface area contributed by atoms with Crippen molar-refractivity contribution >= 4 is 17.6 Å². The number of thioether (sulfide) groups is 1. The molecule has 0 aliphatic carbocycles. The monoisotopic (exact) mass is 272 g/mol. The Bertz CT molecular complexity index is 579. The van der Waals surface area contributed by atoms with Gasteiger partial charge < -0.3 is 10.9 Å². The van der Waals surface area contributed by atoms with E-state index >= 15 is 0 Å². The molecule has 4 heteroatoms. The van der Waals surface area contributed by atoms with E-state index in [1.165, 1.54) is 5.56 Å². The van der Waals surface area contributed by atoms with Gasteiger partial charge in [0.05, 0.1) is 0 Å². The van der Waals surface area contributed by atoms with Crippen LogP contribution in [-0.2, 0) is 5.75 Å². The lowest BCUT2D eigenvalue weighted by molar-refractivity contribution is 0.318. The maximum absolute atomic E-state index is 8.83. The van der Waals surface area contributed by atoms with Crippen LogP contribution in [0, 0.1) is 0 Å². The summed E-state index contributed by atoms with van der Waals surface area (Å²) >= 11 is 1.80. The summed E-state index contributed by atoms with van der Waals surface area (Å²) in [6.07, 6.45) is 2.08.